The Labute approximate surface area is 123 Å². The lowest BCUT2D eigenvalue weighted by Crippen LogP contribution is -2.21. The molecule has 0 spiro atoms. The van der Waals surface area contributed by atoms with Crippen LogP contribution >= 0.6 is 15.9 Å². The zero-order chi connectivity index (χ0) is 14.7. The van der Waals surface area contributed by atoms with E-state index < -0.39 is 5.82 Å². The van der Waals surface area contributed by atoms with Crippen LogP contribution in [0.1, 0.15) is 5.69 Å². The smallest absolute Gasteiger partial charge is 0.263 e. The summed E-state index contributed by atoms with van der Waals surface area (Å²) in [6, 6.07) is 6.11. The number of amides is 1. The van der Waals surface area contributed by atoms with Crippen molar-refractivity contribution < 1.29 is 13.9 Å². The summed E-state index contributed by atoms with van der Waals surface area (Å²) in [5.74, 6) is -0.309. The van der Waals surface area contributed by atoms with Gasteiger partial charge in [0.15, 0.2) is 18.2 Å². The normalized spacial score (nSPS) is 10.4. The second-order valence-corrected chi connectivity index (χ2v) is 5.12. The molecule has 0 fully saturated rings. The zero-order valence-electron chi connectivity index (χ0n) is 11.0. The first-order valence-corrected chi connectivity index (χ1v) is 6.63. The number of ether oxygens (including phenoxy) is 1. The Morgan fingerprint density at radius 3 is 2.85 bits per heavy atom. The Bertz CT molecular complexity index is 643. The van der Waals surface area contributed by atoms with Gasteiger partial charge in [0, 0.05) is 17.6 Å². The first-order chi connectivity index (χ1) is 9.45. The second-order valence-electron chi connectivity index (χ2n) is 4.21. The van der Waals surface area contributed by atoms with Crippen LogP contribution in [0, 0.1) is 12.7 Å². The summed E-state index contributed by atoms with van der Waals surface area (Å²) in [4.78, 5) is 11.7. The molecule has 20 heavy (non-hydrogen) atoms. The molecule has 106 valence electrons. The predicted molar refractivity (Wildman–Crippen MR) is 76.2 cm³/mol. The maximum atomic E-state index is 13.5. The van der Waals surface area contributed by atoms with E-state index in [9.17, 15) is 9.18 Å². The molecule has 1 N–H and O–H groups in total. The number of rotatable bonds is 4. The summed E-state index contributed by atoms with van der Waals surface area (Å²) in [6.45, 7) is 1.55. The molecule has 0 aliphatic rings. The molecule has 2 rings (SSSR count). The molecule has 0 aliphatic heterocycles. The number of benzene rings is 1. The van der Waals surface area contributed by atoms with Crippen molar-refractivity contribution in [3.05, 3.63) is 40.2 Å². The molecule has 1 aromatic carbocycles. The molecule has 1 amide bonds. The Morgan fingerprint density at radius 1 is 1.50 bits per heavy atom. The van der Waals surface area contributed by atoms with Crippen molar-refractivity contribution in [3.63, 3.8) is 0 Å². The lowest BCUT2D eigenvalue weighted by atomic mass is 10.3. The van der Waals surface area contributed by atoms with Gasteiger partial charge in [-0.1, -0.05) is 15.9 Å². The SMILES string of the molecule is Cc1cc(NC(=O)COc2ccc(Br)cc2F)n(C)n1. The van der Waals surface area contributed by atoms with Gasteiger partial charge in [0.1, 0.15) is 5.82 Å². The molecule has 0 radical (unpaired) electrons. The van der Waals surface area contributed by atoms with Crippen molar-refractivity contribution in [1.82, 2.24) is 9.78 Å². The minimum Gasteiger partial charge on any atom is -0.481 e. The van der Waals surface area contributed by atoms with Crippen molar-refractivity contribution in [3.8, 4) is 5.75 Å². The summed E-state index contributed by atoms with van der Waals surface area (Å²) in [7, 11) is 1.72. The van der Waals surface area contributed by atoms with Crippen molar-refractivity contribution >= 4 is 27.7 Å². The van der Waals surface area contributed by atoms with E-state index in [1.165, 1.54) is 12.1 Å². The van der Waals surface area contributed by atoms with Crippen LogP contribution in [0.2, 0.25) is 0 Å². The number of aryl methyl sites for hydroxylation is 2. The van der Waals surface area contributed by atoms with Crippen molar-refractivity contribution in [2.24, 2.45) is 7.05 Å². The zero-order valence-corrected chi connectivity index (χ0v) is 12.6. The van der Waals surface area contributed by atoms with Gasteiger partial charge in [-0.15, -0.1) is 0 Å². The number of halogens is 2. The molecule has 1 aromatic heterocycles. The standard InChI is InChI=1S/C13H13BrFN3O2/c1-8-5-12(18(2)17-8)16-13(19)7-20-11-4-3-9(14)6-10(11)15/h3-6H,7H2,1-2H3,(H,16,19). The number of carbonyl (C=O) groups excluding carboxylic acids is 1. The summed E-state index contributed by atoms with van der Waals surface area (Å²) < 4.78 is 20.8. The maximum Gasteiger partial charge on any atom is 0.263 e. The Kier molecular flexibility index (Phi) is 4.39. The molecular formula is C13H13BrFN3O2. The van der Waals surface area contributed by atoms with Crippen LogP contribution in [0.3, 0.4) is 0 Å². The largest absolute Gasteiger partial charge is 0.481 e. The molecule has 2 aromatic rings. The van der Waals surface area contributed by atoms with E-state index in [2.05, 4.69) is 26.3 Å². The van der Waals surface area contributed by atoms with E-state index in [0.29, 0.717) is 10.3 Å². The second kappa shape index (κ2) is 6.04. The fourth-order valence-corrected chi connectivity index (χ4v) is 1.98. The van der Waals surface area contributed by atoms with E-state index in [0.717, 1.165) is 5.69 Å². The van der Waals surface area contributed by atoms with Crippen LogP contribution < -0.4 is 10.1 Å². The van der Waals surface area contributed by atoms with Crippen LogP contribution in [0.15, 0.2) is 28.7 Å². The molecule has 0 atom stereocenters. The summed E-state index contributed by atoms with van der Waals surface area (Å²) >= 11 is 3.15. The molecular weight excluding hydrogens is 329 g/mol. The lowest BCUT2D eigenvalue weighted by Gasteiger charge is -2.08. The Hall–Kier alpha value is -1.89. The van der Waals surface area contributed by atoms with Crippen LogP contribution in [0.4, 0.5) is 10.2 Å². The Morgan fingerprint density at radius 2 is 2.25 bits per heavy atom. The minimum absolute atomic E-state index is 0.0320. The van der Waals surface area contributed by atoms with Gasteiger partial charge in [0.05, 0.1) is 5.69 Å². The van der Waals surface area contributed by atoms with E-state index in [1.807, 2.05) is 6.92 Å². The van der Waals surface area contributed by atoms with Crippen molar-refractivity contribution in [1.29, 1.82) is 0 Å². The van der Waals surface area contributed by atoms with Crippen molar-refractivity contribution in [2.75, 3.05) is 11.9 Å². The topological polar surface area (TPSA) is 56.1 Å². The van der Waals surface area contributed by atoms with Gasteiger partial charge in [0.25, 0.3) is 5.91 Å². The van der Waals surface area contributed by atoms with Gasteiger partial charge in [0.2, 0.25) is 0 Å². The van der Waals surface area contributed by atoms with E-state index in [1.54, 1.807) is 23.9 Å². The minimum atomic E-state index is -0.524. The maximum absolute atomic E-state index is 13.5. The third-order valence-corrected chi connectivity index (χ3v) is 3.02. The number of anilines is 1. The number of hydrogen-bond donors (Lipinski definition) is 1. The van der Waals surface area contributed by atoms with Gasteiger partial charge in [-0.3, -0.25) is 9.48 Å². The highest BCUT2D eigenvalue weighted by atomic mass is 79.9. The monoisotopic (exact) mass is 341 g/mol. The average Bonchev–Trinajstić information content (AvgIpc) is 2.66. The molecule has 0 bridgehead atoms. The number of aromatic nitrogens is 2. The summed E-state index contributed by atoms with van der Waals surface area (Å²) in [5, 5.41) is 6.74. The highest BCUT2D eigenvalue weighted by Crippen LogP contribution is 2.21. The lowest BCUT2D eigenvalue weighted by molar-refractivity contribution is -0.118. The van der Waals surface area contributed by atoms with Gasteiger partial charge < -0.3 is 10.1 Å². The molecule has 0 saturated carbocycles. The average molecular weight is 342 g/mol. The molecule has 0 saturated heterocycles. The van der Waals surface area contributed by atoms with Gasteiger partial charge in [-0.05, 0) is 25.1 Å². The van der Waals surface area contributed by atoms with Crippen LogP contribution in [0.25, 0.3) is 0 Å². The fourth-order valence-electron chi connectivity index (χ4n) is 1.64. The van der Waals surface area contributed by atoms with E-state index >= 15 is 0 Å². The first-order valence-electron chi connectivity index (χ1n) is 5.84. The third-order valence-electron chi connectivity index (χ3n) is 2.52. The number of carbonyl (C=O) groups is 1. The predicted octanol–water partition coefficient (Wildman–Crippen LogP) is 2.65. The molecule has 1 heterocycles. The van der Waals surface area contributed by atoms with E-state index in [4.69, 9.17) is 4.74 Å². The number of hydrogen-bond acceptors (Lipinski definition) is 3. The van der Waals surface area contributed by atoms with Crippen LogP contribution in [-0.4, -0.2) is 22.3 Å². The summed E-state index contributed by atoms with van der Waals surface area (Å²) in [5.41, 5.74) is 0.794. The van der Waals surface area contributed by atoms with Crippen LogP contribution in [-0.2, 0) is 11.8 Å². The molecule has 5 nitrogen and oxygen atoms in total. The fraction of sp³-hybridized carbons (Fsp3) is 0.231. The first kappa shape index (κ1) is 14.5. The number of nitrogens with zero attached hydrogens (tertiary/aromatic N) is 2. The number of nitrogens with one attached hydrogen (secondary N) is 1. The van der Waals surface area contributed by atoms with Gasteiger partial charge >= 0.3 is 0 Å². The van der Waals surface area contributed by atoms with Gasteiger partial charge in [-0.25, -0.2) is 4.39 Å². The highest BCUT2D eigenvalue weighted by molar-refractivity contribution is 9.10. The van der Waals surface area contributed by atoms with Crippen molar-refractivity contribution in [2.45, 2.75) is 6.92 Å². The third kappa shape index (κ3) is 3.57. The molecule has 0 aliphatic carbocycles. The van der Waals surface area contributed by atoms with Crippen LogP contribution in [0.5, 0.6) is 5.75 Å². The molecule has 0 unspecified atom stereocenters. The van der Waals surface area contributed by atoms with Gasteiger partial charge in [-0.2, -0.15) is 5.10 Å². The highest BCUT2D eigenvalue weighted by Gasteiger charge is 2.10. The Balaban J connectivity index is 1.94. The van der Waals surface area contributed by atoms with E-state index in [-0.39, 0.29) is 18.3 Å². The quantitative estimate of drug-likeness (QED) is 0.929. The summed E-state index contributed by atoms with van der Waals surface area (Å²) in [6.07, 6.45) is 0. The molecule has 7 heteroatoms.